The average Bonchev–Trinajstić information content (AvgIpc) is 3.37. The van der Waals surface area contributed by atoms with E-state index in [4.69, 9.17) is 16.3 Å². The lowest BCUT2D eigenvalue weighted by atomic mass is 10.1. The number of methoxy groups -OCH3 is 1. The molecule has 3 heterocycles. The second-order valence-corrected chi connectivity index (χ2v) is 8.11. The molecule has 0 aliphatic carbocycles. The summed E-state index contributed by atoms with van der Waals surface area (Å²) in [6.07, 6.45) is 5.85. The average molecular weight is 455 g/mol. The lowest BCUT2D eigenvalue weighted by Gasteiger charge is -2.13. The van der Waals surface area contributed by atoms with Gasteiger partial charge in [0.15, 0.2) is 5.65 Å². The van der Waals surface area contributed by atoms with Gasteiger partial charge in [-0.2, -0.15) is 10.2 Å². The number of aliphatic hydroxyl groups excluding tert-OH is 1. The van der Waals surface area contributed by atoms with Crippen LogP contribution in [0.4, 0.5) is 5.69 Å². The van der Waals surface area contributed by atoms with E-state index < -0.39 is 6.10 Å². The highest BCUT2D eigenvalue weighted by molar-refractivity contribution is 6.31. The van der Waals surface area contributed by atoms with E-state index in [2.05, 4.69) is 20.5 Å². The topological polar surface area (TPSA) is 107 Å². The summed E-state index contributed by atoms with van der Waals surface area (Å²) in [4.78, 5) is 17.3. The van der Waals surface area contributed by atoms with Crippen LogP contribution in [0.5, 0.6) is 5.75 Å². The summed E-state index contributed by atoms with van der Waals surface area (Å²) < 4.78 is 8.61. The lowest BCUT2D eigenvalue weighted by Crippen LogP contribution is -2.22. The van der Waals surface area contributed by atoms with Crippen molar-refractivity contribution in [2.45, 2.75) is 26.5 Å². The molecule has 0 bridgehead atoms. The van der Waals surface area contributed by atoms with E-state index in [1.807, 2.05) is 13.8 Å². The van der Waals surface area contributed by atoms with Crippen LogP contribution in [0.1, 0.15) is 24.2 Å². The number of carbonyl (C=O) groups is 1. The van der Waals surface area contributed by atoms with Crippen molar-refractivity contribution >= 4 is 28.8 Å². The number of amides is 1. The van der Waals surface area contributed by atoms with Crippen LogP contribution in [0.25, 0.3) is 16.9 Å². The van der Waals surface area contributed by atoms with Crippen molar-refractivity contribution in [1.82, 2.24) is 24.4 Å². The first-order valence-corrected chi connectivity index (χ1v) is 10.4. The predicted molar refractivity (Wildman–Crippen MR) is 121 cm³/mol. The zero-order chi connectivity index (χ0) is 22.8. The minimum absolute atomic E-state index is 0.0475. The fraction of sp³-hybridized carbons (Fsp3) is 0.273. The fourth-order valence-corrected chi connectivity index (χ4v) is 3.42. The van der Waals surface area contributed by atoms with Gasteiger partial charge >= 0.3 is 0 Å². The van der Waals surface area contributed by atoms with Gasteiger partial charge in [0, 0.05) is 29.2 Å². The minimum Gasteiger partial charge on any atom is -0.496 e. The van der Waals surface area contributed by atoms with Gasteiger partial charge in [-0.25, -0.2) is 9.50 Å². The number of hydrogen-bond acceptors (Lipinski definition) is 6. The number of benzene rings is 1. The fourth-order valence-electron chi connectivity index (χ4n) is 3.25. The van der Waals surface area contributed by atoms with Crippen molar-refractivity contribution in [1.29, 1.82) is 0 Å². The second-order valence-electron chi connectivity index (χ2n) is 7.67. The van der Waals surface area contributed by atoms with Crippen LogP contribution in [0, 0.1) is 5.92 Å². The van der Waals surface area contributed by atoms with Gasteiger partial charge in [0.05, 0.1) is 31.6 Å². The molecule has 0 saturated heterocycles. The monoisotopic (exact) mass is 454 g/mol. The van der Waals surface area contributed by atoms with Crippen LogP contribution in [-0.4, -0.2) is 48.6 Å². The number of aromatic nitrogens is 5. The highest BCUT2D eigenvalue weighted by Crippen LogP contribution is 2.36. The Morgan fingerprint density at radius 1 is 1.34 bits per heavy atom. The van der Waals surface area contributed by atoms with Gasteiger partial charge in [-0.15, -0.1) is 0 Å². The number of halogens is 1. The van der Waals surface area contributed by atoms with Crippen molar-refractivity contribution in [2.75, 3.05) is 12.4 Å². The quantitative estimate of drug-likeness (QED) is 0.442. The van der Waals surface area contributed by atoms with Crippen LogP contribution in [0.15, 0.2) is 49.1 Å². The molecule has 3 aromatic heterocycles. The Balaban J connectivity index is 1.75. The molecule has 32 heavy (non-hydrogen) atoms. The number of anilines is 1. The molecule has 166 valence electrons. The Morgan fingerprint density at radius 3 is 2.91 bits per heavy atom. The lowest BCUT2D eigenvalue weighted by molar-refractivity contribution is 0.102. The third-order valence-corrected chi connectivity index (χ3v) is 5.33. The maximum Gasteiger partial charge on any atom is 0.261 e. The molecule has 0 radical (unpaired) electrons. The smallest absolute Gasteiger partial charge is 0.261 e. The Morgan fingerprint density at radius 2 is 2.16 bits per heavy atom. The zero-order valence-electron chi connectivity index (χ0n) is 17.9. The standard InChI is InChI=1S/C22H23ClN6O3/c1-13(2)18(30)12-28-11-17(20(27-28)15-9-14(23)5-6-19(15)32-3)26-22(31)16-10-25-29-8-4-7-24-21(16)29/h4-11,13,18,30H,12H2,1-3H3,(H,26,31). The van der Waals surface area contributed by atoms with E-state index in [0.29, 0.717) is 38.9 Å². The number of carbonyl (C=O) groups excluding carboxylic acids is 1. The van der Waals surface area contributed by atoms with Gasteiger partial charge in [0.2, 0.25) is 0 Å². The zero-order valence-corrected chi connectivity index (χ0v) is 18.6. The molecule has 1 amide bonds. The Kier molecular flexibility index (Phi) is 6.11. The molecule has 0 fully saturated rings. The number of aliphatic hydroxyl groups is 1. The SMILES string of the molecule is COc1ccc(Cl)cc1-c1nn(CC(O)C(C)C)cc1NC(=O)c1cnn2cccnc12. The molecule has 2 N–H and O–H groups in total. The predicted octanol–water partition coefficient (Wildman–Crippen LogP) is 3.52. The maximum atomic E-state index is 13.1. The molecule has 0 aliphatic rings. The van der Waals surface area contributed by atoms with Crippen molar-refractivity contribution in [3.05, 3.63) is 59.6 Å². The van der Waals surface area contributed by atoms with Crippen molar-refractivity contribution in [2.24, 2.45) is 5.92 Å². The molecular formula is C22H23ClN6O3. The van der Waals surface area contributed by atoms with Gasteiger partial charge < -0.3 is 15.2 Å². The van der Waals surface area contributed by atoms with Gasteiger partial charge in [0.1, 0.15) is 17.0 Å². The summed E-state index contributed by atoms with van der Waals surface area (Å²) >= 11 is 6.22. The van der Waals surface area contributed by atoms with Gasteiger partial charge in [-0.3, -0.25) is 9.48 Å². The summed E-state index contributed by atoms with van der Waals surface area (Å²) in [7, 11) is 1.55. The summed E-state index contributed by atoms with van der Waals surface area (Å²) in [5, 5.41) is 22.5. The van der Waals surface area contributed by atoms with Crippen molar-refractivity contribution in [3.63, 3.8) is 0 Å². The number of nitrogens with one attached hydrogen (secondary N) is 1. The Bertz CT molecular complexity index is 1270. The molecule has 1 atom stereocenters. The normalized spacial score (nSPS) is 12.3. The summed E-state index contributed by atoms with van der Waals surface area (Å²) in [5.74, 6) is 0.216. The van der Waals surface area contributed by atoms with Crippen LogP contribution < -0.4 is 10.1 Å². The van der Waals surface area contributed by atoms with Gasteiger partial charge in [-0.1, -0.05) is 25.4 Å². The highest BCUT2D eigenvalue weighted by atomic mass is 35.5. The van der Waals surface area contributed by atoms with E-state index in [1.165, 1.54) is 10.7 Å². The second kappa shape index (κ2) is 8.97. The first-order chi connectivity index (χ1) is 15.4. The number of fused-ring (bicyclic) bond motifs is 1. The molecule has 4 aromatic rings. The molecule has 9 nitrogen and oxygen atoms in total. The van der Waals surface area contributed by atoms with E-state index in [-0.39, 0.29) is 18.4 Å². The largest absolute Gasteiger partial charge is 0.496 e. The third kappa shape index (κ3) is 4.30. The summed E-state index contributed by atoms with van der Waals surface area (Å²) in [6, 6.07) is 6.90. The number of nitrogens with zero attached hydrogens (tertiary/aromatic N) is 5. The molecule has 1 unspecified atom stereocenters. The minimum atomic E-state index is -0.601. The number of ether oxygens (including phenoxy) is 1. The van der Waals surface area contributed by atoms with Crippen LogP contribution in [0.3, 0.4) is 0 Å². The molecular weight excluding hydrogens is 432 g/mol. The summed E-state index contributed by atoms with van der Waals surface area (Å²) in [6.45, 7) is 4.12. The van der Waals surface area contributed by atoms with Crippen LogP contribution in [-0.2, 0) is 6.54 Å². The maximum absolute atomic E-state index is 13.1. The molecule has 0 spiro atoms. The first kappa shape index (κ1) is 21.8. The number of rotatable bonds is 7. The number of hydrogen-bond donors (Lipinski definition) is 2. The molecule has 10 heteroatoms. The van der Waals surface area contributed by atoms with Crippen molar-refractivity contribution in [3.8, 4) is 17.0 Å². The Hall–Kier alpha value is -3.43. The van der Waals surface area contributed by atoms with E-state index in [9.17, 15) is 9.90 Å². The van der Waals surface area contributed by atoms with E-state index in [1.54, 1.807) is 54.6 Å². The van der Waals surface area contributed by atoms with Gasteiger partial charge in [-0.05, 0) is 30.2 Å². The summed E-state index contributed by atoms with van der Waals surface area (Å²) in [5.41, 5.74) is 2.30. The van der Waals surface area contributed by atoms with Crippen LogP contribution >= 0.6 is 11.6 Å². The van der Waals surface area contributed by atoms with E-state index in [0.717, 1.165) is 0 Å². The molecule has 0 saturated carbocycles. The van der Waals surface area contributed by atoms with Crippen LogP contribution in [0.2, 0.25) is 5.02 Å². The Labute approximate surface area is 189 Å². The van der Waals surface area contributed by atoms with E-state index >= 15 is 0 Å². The highest BCUT2D eigenvalue weighted by Gasteiger charge is 2.22. The molecule has 0 aliphatic heterocycles. The molecule has 1 aromatic carbocycles. The third-order valence-electron chi connectivity index (χ3n) is 5.09. The van der Waals surface area contributed by atoms with Crippen molar-refractivity contribution < 1.29 is 14.6 Å². The first-order valence-electron chi connectivity index (χ1n) is 10.1. The molecule has 4 rings (SSSR count). The van der Waals surface area contributed by atoms with Gasteiger partial charge in [0.25, 0.3) is 5.91 Å².